The molecule has 0 bridgehead atoms. The van der Waals surface area contributed by atoms with Gasteiger partial charge in [-0.3, -0.25) is 0 Å². The molecule has 64 valence electrons. The highest BCUT2D eigenvalue weighted by Crippen LogP contribution is 1.98. The van der Waals surface area contributed by atoms with Gasteiger partial charge >= 0.3 is 5.97 Å². The van der Waals surface area contributed by atoms with Gasteiger partial charge in [-0.05, 0) is 20.4 Å². The Morgan fingerprint density at radius 3 is 2.45 bits per heavy atom. The van der Waals surface area contributed by atoms with Crippen molar-refractivity contribution in [1.82, 2.24) is 0 Å². The summed E-state index contributed by atoms with van der Waals surface area (Å²) in [5.41, 5.74) is 4.92. The lowest BCUT2D eigenvalue weighted by atomic mass is 10.1. The molecule has 0 aliphatic carbocycles. The third-order valence-corrected chi connectivity index (χ3v) is 0.811. The van der Waals surface area contributed by atoms with E-state index in [2.05, 4.69) is 11.3 Å². The zero-order chi connectivity index (χ0) is 9.07. The number of ether oxygens (including phenoxy) is 1. The number of rotatable bonds is 3. The molecule has 0 aromatic carbocycles. The van der Waals surface area contributed by atoms with Crippen LogP contribution in [0.15, 0.2) is 12.3 Å². The summed E-state index contributed by atoms with van der Waals surface area (Å²) in [5.74, 6) is -1.43. The van der Waals surface area contributed by atoms with Gasteiger partial charge in [0.2, 0.25) is 0 Å². The minimum absolute atomic E-state index is 0.0609. The van der Waals surface area contributed by atoms with E-state index in [1.807, 2.05) is 0 Å². The van der Waals surface area contributed by atoms with Gasteiger partial charge in [-0.2, -0.15) is 0 Å². The molecule has 0 aromatic heterocycles. The van der Waals surface area contributed by atoms with Crippen molar-refractivity contribution in [2.24, 2.45) is 5.73 Å². The van der Waals surface area contributed by atoms with Crippen molar-refractivity contribution in [3.8, 4) is 0 Å². The second kappa shape index (κ2) is 3.39. The number of aliphatic hydroxyl groups excluding tert-OH is 1. The van der Waals surface area contributed by atoms with Crippen LogP contribution in [0.5, 0.6) is 0 Å². The molecule has 0 spiro atoms. The molecule has 0 unspecified atom stereocenters. The molecule has 4 nitrogen and oxygen atoms in total. The molecule has 0 heterocycles. The molecular formula is C7H13NO3. The van der Waals surface area contributed by atoms with Gasteiger partial charge in [0.25, 0.3) is 0 Å². The topological polar surface area (TPSA) is 72.5 Å². The second-order valence-corrected chi connectivity index (χ2v) is 3.01. The minimum atomic E-state index is -0.830. The maximum Gasteiger partial charge on any atom is 0.372 e. The van der Waals surface area contributed by atoms with Crippen LogP contribution in [0.2, 0.25) is 0 Å². The van der Waals surface area contributed by atoms with E-state index in [0.717, 1.165) is 0 Å². The van der Waals surface area contributed by atoms with Gasteiger partial charge in [0.15, 0.2) is 5.76 Å². The molecule has 0 rings (SSSR count). The minimum Gasteiger partial charge on any atom is -0.502 e. The van der Waals surface area contributed by atoms with Crippen LogP contribution in [0.3, 0.4) is 0 Å². The van der Waals surface area contributed by atoms with Crippen LogP contribution in [0.25, 0.3) is 0 Å². The smallest absolute Gasteiger partial charge is 0.372 e. The number of esters is 1. The van der Waals surface area contributed by atoms with Crippen molar-refractivity contribution in [3.63, 3.8) is 0 Å². The van der Waals surface area contributed by atoms with E-state index in [1.54, 1.807) is 13.8 Å². The van der Waals surface area contributed by atoms with Crippen LogP contribution in [0.4, 0.5) is 0 Å². The van der Waals surface area contributed by atoms with Crippen LogP contribution >= 0.6 is 0 Å². The SMILES string of the molecule is C=C(O)C(=O)OCC(C)(C)N. The molecule has 0 radical (unpaired) electrons. The number of carbonyl (C=O) groups is 1. The van der Waals surface area contributed by atoms with Gasteiger partial charge in [-0.15, -0.1) is 0 Å². The van der Waals surface area contributed by atoms with Gasteiger partial charge in [-0.1, -0.05) is 0 Å². The van der Waals surface area contributed by atoms with E-state index in [4.69, 9.17) is 10.8 Å². The highest BCUT2D eigenvalue weighted by atomic mass is 16.5. The summed E-state index contributed by atoms with van der Waals surface area (Å²) in [6.45, 7) is 6.47. The molecule has 0 saturated carbocycles. The first-order chi connectivity index (χ1) is 4.83. The number of carbonyl (C=O) groups excluding carboxylic acids is 1. The predicted molar refractivity (Wildman–Crippen MR) is 41.0 cm³/mol. The lowest BCUT2D eigenvalue weighted by Gasteiger charge is -2.17. The first kappa shape index (κ1) is 9.97. The number of nitrogens with two attached hydrogens (primary N) is 1. The summed E-state index contributed by atoms with van der Waals surface area (Å²) in [4.78, 5) is 10.6. The first-order valence-corrected chi connectivity index (χ1v) is 3.17. The van der Waals surface area contributed by atoms with Gasteiger partial charge < -0.3 is 15.6 Å². The van der Waals surface area contributed by atoms with Crippen molar-refractivity contribution in [1.29, 1.82) is 0 Å². The third-order valence-electron chi connectivity index (χ3n) is 0.811. The zero-order valence-electron chi connectivity index (χ0n) is 6.76. The van der Waals surface area contributed by atoms with Crippen LogP contribution in [0, 0.1) is 0 Å². The van der Waals surface area contributed by atoms with Crippen molar-refractivity contribution >= 4 is 5.97 Å². The standard InChI is InChI=1S/C7H13NO3/c1-5(9)6(10)11-4-7(2,3)8/h9H,1,4,8H2,2-3H3. The fraction of sp³-hybridized carbons (Fsp3) is 0.571. The lowest BCUT2D eigenvalue weighted by molar-refractivity contribution is -0.143. The zero-order valence-corrected chi connectivity index (χ0v) is 6.76. The number of hydrogen-bond acceptors (Lipinski definition) is 4. The maximum atomic E-state index is 10.6. The van der Waals surface area contributed by atoms with Crippen molar-refractivity contribution < 1.29 is 14.6 Å². The maximum absolute atomic E-state index is 10.6. The Balaban J connectivity index is 3.73. The van der Waals surface area contributed by atoms with Crippen molar-refractivity contribution in [2.75, 3.05) is 6.61 Å². The highest BCUT2D eigenvalue weighted by Gasteiger charge is 2.14. The molecule has 0 aliphatic rings. The van der Waals surface area contributed by atoms with E-state index < -0.39 is 17.3 Å². The molecule has 0 atom stereocenters. The quantitative estimate of drug-likeness (QED) is 0.354. The fourth-order valence-corrected chi connectivity index (χ4v) is 0.335. The Morgan fingerprint density at radius 2 is 2.18 bits per heavy atom. The summed E-state index contributed by atoms with van der Waals surface area (Å²) in [7, 11) is 0. The first-order valence-electron chi connectivity index (χ1n) is 3.17. The van der Waals surface area contributed by atoms with Gasteiger partial charge in [-0.25, -0.2) is 4.79 Å². The fourth-order valence-electron chi connectivity index (χ4n) is 0.335. The van der Waals surface area contributed by atoms with Gasteiger partial charge in [0.1, 0.15) is 6.61 Å². The lowest BCUT2D eigenvalue weighted by Crippen LogP contribution is -2.38. The Labute approximate surface area is 65.6 Å². The summed E-state index contributed by atoms with van der Waals surface area (Å²) < 4.78 is 4.55. The monoisotopic (exact) mass is 159 g/mol. The molecule has 4 heteroatoms. The third kappa shape index (κ3) is 5.42. The van der Waals surface area contributed by atoms with Gasteiger partial charge in [0.05, 0.1) is 0 Å². The molecular weight excluding hydrogens is 146 g/mol. The predicted octanol–water partition coefficient (Wildman–Crippen LogP) is 0.339. The summed E-state index contributed by atoms with van der Waals surface area (Å²) >= 11 is 0. The number of hydrogen-bond donors (Lipinski definition) is 2. The Hall–Kier alpha value is -1.03. The van der Waals surface area contributed by atoms with Crippen LogP contribution in [-0.2, 0) is 9.53 Å². The largest absolute Gasteiger partial charge is 0.502 e. The van der Waals surface area contributed by atoms with Crippen LogP contribution < -0.4 is 5.73 Å². The van der Waals surface area contributed by atoms with Crippen LogP contribution in [-0.4, -0.2) is 23.2 Å². The molecule has 11 heavy (non-hydrogen) atoms. The summed E-state index contributed by atoms with van der Waals surface area (Å²) in [5, 5.41) is 8.51. The Kier molecular flexibility index (Phi) is 3.07. The summed E-state index contributed by atoms with van der Waals surface area (Å²) in [6.07, 6.45) is 0. The van der Waals surface area contributed by atoms with E-state index in [0.29, 0.717) is 0 Å². The van der Waals surface area contributed by atoms with E-state index in [1.165, 1.54) is 0 Å². The molecule has 0 amide bonds. The Bertz CT molecular complexity index is 169. The van der Waals surface area contributed by atoms with Crippen LogP contribution in [0.1, 0.15) is 13.8 Å². The molecule has 0 aromatic rings. The van der Waals surface area contributed by atoms with E-state index in [-0.39, 0.29) is 6.61 Å². The van der Waals surface area contributed by atoms with Crippen molar-refractivity contribution in [2.45, 2.75) is 19.4 Å². The molecule has 0 fully saturated rings. The second-order valence-electron chi connectivity index (χ2n) is 3.01. The molecule has 0 aliphatic heterocycles. The average Bonchev–Trinajstić information content (AvgIpc) is 1.80. The van der Waals surface area contributed by atoms with E-state index in [9.17, 15) is 4.79 Å². The highest BCUT2D eigenvalue weighted by molar-refractivity contribution is 5.84. The van der Waals surface area contributed by atoms with Gasteiger partial charge in [0, 0.05) is 5.54 Å². The average molecular weight is 159 g/mol. The summed E-state index contributed by atoms with van der Waals surface area (Å²) in [6, 6.07) is 0. The molecule has 0 saturated heterocycles. The number of aliphatic hydroxyl groups is 1. The Morgan fingerprint density at radius 1 is 1.73 bits per heavy atom. The van der Waals surface area contributed by atoms with E-state index >= 15 is 0 Å². The molecule has 3 N–H and O–H groups in total. The van der Waals surface area contributed by atoms with Crippen molar-refractivity contribution in [3.05, 3.63) is 12.3 Å². The normalized spacial score (nSPS) is 10.8.